The van der Waals surface area contributed by atoms with E-state index in [-0.39, 0.29) is 18.4 Å². The van der Waals surface area contributed by atoms with Gasteiger partial charge in [0, 0.05) is 12.2 Å². The quantitative estimate of drug-likeness (QED) is 0.747. The number of amides is 4. The smallest absolute Gasteiger partial charge is 0.325 e. The van der Waals surface area contributed by atoms with E-state index >= 15 is 0 Å². The van der Waals surface area contributed by atoms with Crippen molar-refractivity contribution in [3.63, 3.8) is 0 Å². The molecule has 7 nitrogen and oxygen atoms in total. The van der Waals surface area contributed by atoms with Crippen LogP contribution in [0, 0.1) is 0 Å². The number of hydrogen-bond acceptors (Lipinski definition) is 4. The van der Waals surface area contributed by atoms with Gasteiger partial charge in [-0.05, 0) is 55.5 Å². The highest BCUT2D eigenvalue weighted by Crippen LogP contribution is 2.29. The third-order valence-electron chi connectivity index (χ3n) is 5.90. The molecule has 2 aromatic rings. The number of rotatable bonds is 6. The second-order valence-electron chi connectivity index (χ2n) is 7.93. The molecule has 2 aliphatic rings. The van der Waals surface area contributed by atoms with E-state index in [1.165, 1.54) is 0 Å². The van der Waals surface area contributed by atoms with Crippen molar-refractivity contribution >= 4 is 23.5 Å². The number of anilines is 1. The van der Waals surface area contributed by atoms with E-state index in [1.807, 2.05) is 48.5 Å². The molecule has 1 fully saturated rings. The summed E-state index contributed by atoms with van der Waals surface area (Å²) < 4.78 is 5.16. The normalized spacial score (nSPS) is 20.3. The number of methoxy groups -OCH3 is 1. The summed E-state index contributed by atoms with van der Waals surface area (Å²) in [6.45, 7) is 2.03. The molecule has 1 N–H and O–H groups in total. The zero-order valence-corrected chi connectivity index (χ0v) is 17.2. The number of imide groups is 1. The zero-order chi connectivity index (χ0) is 21.3. The Labute approximate surface area is 175 Å². The highest BCUT2D eigenvalue weighted by atomic mass is 16.5. The molecule has 156 valence electrons. The molecular formula is C23H25N3O4. The van der Waals surface area contributed by atoms with E-state index in [4.69, 9.17) is 4.74 Å². The first-order valence-electron chi connectivity index (χ1n) is 10.1. The summed E-state index contributed by atoms with van der Waals surface area (Å²) >= 11 is 0. The second-order valence-corrected chi connectivity index (χ2v) is 7.93. The van der Waals surface area contributed by atoms with Gasteiger partial charge >= 0.3 is 6.03 Å². The molecule has 2 aliphatic heterocycles. The maximum atomic E-state index is 13.0. The number of fused-ring (bicyclic) bond motifs is 1. The van der Waals surface area contributed by atoms with E-state index in [0.717, 1.165) is 33.9 Å². The number of nitrogens with one attached hydrogen (secondary N) is 1. The lowest BCUT2D eigenvalue weighted by molar-refractivity contribution is -0.134. The summed E-state index contributed by atoms with van der Waals surface area (Å²) in [5.74, 6) is 0.160. The molecule has 1 atom stereocenters. The minimum absolute atomic E-state index is 0.247. The number of ether oxygens (including phenoxy) is 1. The van der Waals surface area contributed by atoms with E-state index in [0.29, 0.717) is 19.4 Å². The third kappa shape index (κ3) is 3.63. The molecule has 0 saturated carbocycles. The van der Waals surface area contributed by atoms with Gasteiger partial charge in [-0.1, -0.05) is 30.3 Å². The van der Waals surface area contributed by atoms with Crippen LogP contribution in [0.25, 0.3) is 0 Å². The van der Waals surface area contributed by atoms with E-state index in [9.17, 15) is 14.4 Å². The Morgan fingerprint density at radius 2 is 1.87 bits per heavy atom. The van der Waals surface area contributed by atoms with Crippen molar-refractivity contribution in [3.8, 4) is 5.75 Å². The number of carbonyl (C=O) groups excluding carboxylic acids is 3. The van der Waals surface area contributed by atoms with Gasteiger partial charge in [0.05, 0.1) is 7.11 Å². The van der Waals surface area contributed by atoms with Gasteiger partial charge in [0.15, 0.2) is 0 Å². The van der Waals surface area contributed by atoms with Crippen LogP contribution in [-0.2, 0) is 22.4 Å². The first-order chi connectivity index (χ1) is 14.4. The third-order valence-corrected chi connectivity index (χ3v) is 5.90. The average Bonchev–Trinajstić information content (AvgIpc) is 3.28. The lowest BCUT2D eigenvalue weighted by atomic mass is 9.93. The molecule has 0 spiro atoms. The summed E-state index contributed by atoms with van der Waals surface area (Å²) in [7, 11) is 1.61. The van der Waals surface area contributed by atoms with Crippen LogP contribution in [0.1, 0.15) is 24.5 Å². The second kappa shape index (κ2) is 7.82. The average molecular weight is 407 g/mol. The zero-order valence-electron chi connectivity index (χ0n) is 17.2. The largest absolute Gasteiger partial charge is 0.497 e. The Kier molecular flexibility index (Phi) is 5.20. The summed E-state index contributed by atoms with van der Waals surface area (Å²) in [5.41, 5.74) is 1.98. The summed E-state index contributed by atoms with van der Waals surface area (Å²) in [5, 5.41) is 2.78. The van der Waals surface area contributed by atoms with Gasteiger partial charge < -0.3 is 15.0 Å². The van der Waals surface area contributed by atoms with Crippen molar-refractivity contribution in [2.75, 3.05) is 25.1 Å². The highest BCUT2D eigenvalue weighted by Gasteiger charge is 2.48. The Hall–Kier alpha value is -3.35. The number of nitrogens with zero attached hydrogens (tertiary/aromatic N) is 2. The van der Waals surface area contributed by atoms with Crippen molar-refractivity contribution in [1.82, 2.24) is 10.2 Å². The molecule has 0 bridgehead atoms. The van der Waals surface area contributed by atoms with Crippen LogP contribution in [0.4, 0.5) is 10.5 Å². The standard InChI is InChI=1S/C23H25N3O4/c1-23(13-11-16-7-9-18(30-2)10-8-16)21(28)26(22(29)24-23)15-20(27)25-14-12-17-5-3-4-6-19(17)25/h3-10H,11-15H2,1-2H3,(H,24,29)/t23-/m0/s1. The molecule has 0 radical (unpaired) electrons. The van der Waals surface area contributed by atoms with Gasteiger partial charge in [0.1, 0.15) is 17.8 Å². The van der Waals surface area contributed by atoms with Gasteiger partial charge in [0.2, 0.25) is 5.91 Å². The van der Waals surface area contributed by atoms with Crippen LogP contribution in [0.5, 0.6) is 5.75 Å². The van der Waals surface area contributed by atoms with Crippen LogP contribution in [0.2, 0.25) is 0 Å². The van der Waals surface area contributed by atoms with Gasteiger partial charge in [-0.3, -0.25) is 14.5 Å². The molecule has 0 aromatic heterocycles. The van der Waals surface area contributed by atoms with Crippen molar-refractivity contribution in [2.24, 2.45) is 0 Å². The molecule has 2 heterocycles. The molecule has 0 aliphatic carbocycles. The lowest BCUT2D eigenvalue weighted by Gasteiger charge is -2.23. The maximum Gasteiger partial charge on any atom is 0.325 e. The van der Waals surface area contributed by atoms with Crippen molar-refractivity contribution in [3.05, 3.63) is 59.7 Å². The topological polar surface area (TPSA) is 79.0 Å². The van der Waals surface area contributed by atoms with Crippen LogP contribution in [-0.4, -0.2) is 48.5 Å². The fourth-order valence-corrected chi connectivity index (χ4v) is 4.06. The molecular weight excluding hydrogens is 382 g/mol. The summed E-state index contributed by atoms with van der Waals surface area (Å²) in [6, 6.07) is 14.8. The Balaban J connectivity index is 1.41. The number of hydrogen-bond donors (Lipinski definition) is 1. The number of benzene rings is 2. The number of para-hydroxylation sites is 1. The predicted octanol–water partition coefficient (Wildman–Crippen LogP) is 2.53. The fourth-order valence-electron chi connectivity index (χ4n) is 4.06. The number of urea groups is 1. The molecule has 7 heteroatoms. The van der Waals surface area contributed by atoms with E-state index in [1.54, 1.807) is 18.9 Å². The summed E-state index contributed by atoms with van der Waals surface area (Å²) in [4.78, 5) is 41.0. The molecule has 0 unspecified atom stereocenters. The van der Waals surface area contributed by atoms with Crippen LogP contribution in [0.3, 0.4) is 0 Å². The van der Waals surface area contributed by atoms with Gasteiger partial charge in [-0.25, -0.2) is 4.79 Å². The lowest BCUT2D eigenvalue weighted by Crippen LogP contribution is -2.46. The van der Waals surface area contributed by atoms with Crippen LogP contribution < -0.4 is 15.0 Å². The van der Waals surface area contributed by atoms with E-state index < -0.39 is 11.6 Å². The van der Waals surface area contributed by atoms with Crippen molar-refractivity contribution in [2.45, 2.75) is 31.7 Å². The predicted molar refractivity (Wildman–Crippen MR) is 112 cm³/mol. The first kappa shape index (κ1) is 19.9. The number of carbonyl (C=O) groups is 3. The highest BCUT2D eigenvalue weighted by molar-refractivity contribution is 6.10. The molecule has 4 amide bonds. The molecule has 4 rings (SSSR count). The minimum atomic E-state index is -1.03. The van der Waals surface area contributed by atoms with Crippen molar-refractivity contribution in [1.29, 1.82) is 0 Å². The van der Waals surface area contributed by atoms with Gasteiger partial charge in [-0.2, -0.15) is 0 Å². The SMILES string of the molecule is COc1ccc(CC[C@]2(C)NC(=O)N(CC(=O)N3CCc4ccccc43)C2=O)cc1. The Morgan fingerprint density at radius 3 is 2.60 bits per heavy atom. The maximum absolute atomic E-state index is 13.0. The van der Waals surface area contributed by atoms with Gasteiger partial charge in [0.25, 0.3) is 5.91 Å². The van der Waals surface area contributed by atoms with Crippen molar-refractivity contribution < 1.29 is 19.1 Å². The molecule has 2 aromatic carbocycles. The first-order valence-corrected chi connectivity index (χ1v) is 10.1. The monoisotopic (exact) mass is 407 g/mol. The van der Waals surface area contributed by atoms with Gasteiger partial charge in [-0.15, -0.1) is 0 Å². The van der Waals surface area contributed by atoms with Crippen LogP contribution >= 0.6 is 0 Å². The number of aryl methyl sites for hydroxylation is 1. The minimum Gasteiger partial charge on any atom is -0.497 e. The Morgan fingerprint density at radius 1 is 1.13 bits per heavy atom. The molecule has 1 saturated heterocycles. The molecule has 30 heavy (non-hydrogen) atoms. The summed E-state index contributed by atoms with van der Waals surface area (Å²) in [6.07, 6.45) is 1.84. The fraction of sp³-hybridized carbons (Fsp3) is 0.348. The van der Waals surface area contributed by atoms with Crippen LogP contribution in [0.15, 0.2) is 48.5 Å². The van der Waals surface area contributed by atoms with E-state index in [2.05, 4.69) is 5.32 Å². The Bertz CT molecular complexity index is 988.